The summed E-state index contributed by atoms with van der Waals surface area (Å²) in [6.45, 7) is 9.26. The molecule has 0 saturated carbocycles. The second-order valence-corrected chi connectivity index (χ2v) is 5.30. The Labute approximate surface area is 116 Å². The van der Waals surface area contributed by atoms with E-state index in [1.54, 1.807) is 0 Å². The Bertz CT molecular complexity index is 401. The Morgan fingerprint density at radius 2 is 1.89 bits per heavy atom. The number of carbonyl (C=O) groups is 1. The van der Waals surface area contributed by atoms with E-state index in [1.807, 2.05) is 18.2 Å². The predicted molar refractivity (Wildman–Crippen MR) is 81.5 cm³/mol. The lowest BCUT2D eigenvalue weighted by molar-refractivity contribution is -0.116. The Morgan fingerprint density at radius 3 is 2.53 bits per heavy atom. The molecule has 0 bridgehead atoms. The molecule has 0 spiro atoms. The number of amides is 1. The number of hydrogen-bond acceptors (Lipinski definition) is 2. The van der Waals surface area contributed by atoms with Crippen molar-refractivity contribution >= 4 is 11.6 Å². The van der Waals surface area contributed by atoms with Crippen LogP contribution in [0.3, 0.4) is 0 Å². The van der Waals surface area contributed by atoms with Crippen molar-refractivity contribution in [2.45, 2.75) is 52.5 Å². The van der Waals surface area contributed by atoms with Gasteiger partial charge in [-0.2, -0.15) is 0 Å². The van der Waals surface area contributed by atoms with Crippen molar-refractivity contribution < 1.29 is 4.79 Å². The molecule has 0 saturated heterocycles. The zero-order valence-corrected chi connectivity index (χ0v) is 12.5. The number of anilines is 1. The van der Waals surface area contributed by atoms with Crippen molar-refractivity contribution in [3.8, 4) is 0 Å². The Hall–Kier alpha value is -1.35. The average molecular weight is 262 g/mol. The summed E-state index contributed by atoms with van der Waals surface area (Å²) in [5.74, 6) is 0.485. The van der Waals surface area contributed by atoms with Crippen LogP contribution in [0.5, 0.6) is 0 Å². The van der Waals surface area contributed by atoms with Gasteiger partial charge in [0.15, 0.2) is 0 Å². The van der Waals surface area contributed by atoms with Gasteiger partial charge in [0.05, 0.1) is 0 Å². The van der Waals surface area contributed by atoms with Gasteiger partial charge in [0.1, 0.15) is 0 Å². The van der Waals surface area contributed by atoms with Crippen molar-refractivity contribution in [1.82, 2.24) is 5.32 Å². The fraction of sp³-hybridized carbons (Fsp3) is 0.562. The largest absolute Gasteiger partial charge is 0.326 e. The number of rotatable bonds is 7. The number of para-hydroxylation sites is 1. The molecule has 1 aromatic rings. The summed E-state index contributed by atoms with van der Waals surface area (Å²) in [6.07, 6.45) is 1.59. The van der Waals surface area contributed by atoms with E-state index in [2.05, 4.69) is 44.4 Å². The van der Waals surface area contributed by atoms with E-state index in [4.69, 9.17) is 0 Å². The van der Waals surface area contributed by atoms with Crippen LogP contribution in [0.1, 0.15) is 52.0 Å². The quantitative estimate of drug-likeness (QED) is 0.789. The van der Waals surface area contributed by atoms with Crippen molar-refractivity contribution in [2.75, 3.05) is 11.9 Å². The average Bonchev–Trinajstić information content (AvgIpc) is 2.38. The monoisotopic (exact) mass is 262 g/mol. The molecule has 1 atom stereocenters. The van der Waals surface area contributed by atoms with Gasteiger partial charge in [-0.15, -0.1) is 0 Å². The van der Waals surface area contributed by atoms with E-state index in [0.29, 0.717) is 18.4 Å². The lowest BCUT2D eigenvalue weighted by Crippen LogP contribution is -2.29. The first-order chi connectivity index (χ1) is 9.04. The molecule has 0 heterocycles. The third kappa shape index (κ3) is 5.43. The molecule has 0 aliphatic heterocycles. The van der Waals surface area contributed by atoms with E-state index >= 15 is 0 Å². The van der Waals surface area contributed by atoms with E-state index in [0.717, 1.165) is 18.7 Å². The van der Waals surface area contributed by atoms with Crippen molar-refractivity contribution in [3.05, 3.63) is 29.8 Å². The highest BCUT2D eigenvalue weighted by molar-refractivity contribution is 5.91. The third-order valence-electron chi connectivity index (χ3n) is 3.31. The van der Waals surface area contributed by atoms with Crippen LogP contribution >= 0.6 is 0 Å². The van der Waals surface area contributed by atoms with E-state index in [9.17, 15) is 4.79 Å². The van der Waals surface area contributed by atoms with Gasteiger partial charge >= 0.3 is 0 Å². The summed E-state index contributed by atoms with van der Waals surface area (Å²) in [6, 6.07) is 8.47. The molecular weight excluding hydrogens is 236 g/mol. The van der Waals surface area contributed by atoms with E-state index < -0.39 is 0 Å². The SMILES string of the molecule is CCC(C)NCCC(=O)Nc1ccccc1C(C)C. The molecule has 0 aliphatic carbocycles. The van der Waals surface area contributed by atoms with Gasteiger partial charge < -0.3 is 10.6 Å². The summed E-state index contributed by atoms with van der Waals surface area (Å²) in [5, 5.41) is 6.33. The summed E-state index contributed by atoms with van der Waals surface area (Å²) in [7, 11) is 0. The standard InChI is InChI=1S/C16H26N2O/c1-5-13(4)17-11-10-16(19)18-15-9-7-6-8-14(15)12(2)3/h6-9,12-13,17H,5,10-11H2,1-4H3,(H,18,19). The number of nitrogens with one attached hydrogen (secondary N) is 2. The van der Waals surface area contributed by atoms with Crippen molar-refractivity contribution in [2.24, 2.45) is 0 Å². The summed E-state index contributed by atoms with van der Waals surface area (Å²) >= 11 is 0. The first kappa shape index (κ1) is 15.7. The zero-order chi connectivity index (χ0) is 14.3. The fourth-order valence-corrected chi connectivity index (χ4v) is 1.90. The number of benzene rings is 1. The highest BCUT2D eigenvalue weighted by Crippen LogP contribution is 2.23. The van der Waals surface area contributed by atoms with E-state index in [1.165, 1.54) is 5.56 Å². The normalized spacial score (nSPS) is 12.5. The highest BCUT2D eigenvalue weighted by atomic mass is 16.1. The van der Waals surface area contributed by atoms with Crippen LogP contribution < -0.4 is 10.6 Å². The summed E-state index contributed by atoms with van der Waals surface area (Å²) in [4.78, 5) is 11.9. The minimum Gasteiger partial charge on any atom is -0.326 e. The minimum atomic E-state index is 0.0731. The first-order valence-corrected chi connectivity index (χ1v) is 7.16. The molecule has 2 N–H and O–H groups in total. The first-order valence-electron chi connectivity index (χ1n) is 7.16. The lowest BCUT2D eigenvalue weighted by atomic mass is 10.0. The molecule has 0 aromatic heterocycles. The predicted octanol–water partition coefficient (Wildman–Crippen LogP) is 3.53. The molecular formula is C16H26N2O. The van der Waals surface area contributed by atoms with Gasteiger partial charge in [0, 0.05) is 24.7 Å². The molecule has 1 unspecified atom stereocenters. The molecule has 1 aromatic carbocycles. The maximum atomic E-state index is 11.9. The molecule has 0 aliphatic rings. The van der Waals surface area contributed by atoms with Crippen LogP contribution in [0, 0.1) is 0 Å². The van der Waals surface area contributed by atoms with Crippen LogP contribution in [0.2, 0.25) is 0 Å². The maximum Gasteiger partial charge on any atom is 0.225 e. The Morgan fingerprint density at radius 1 is 1.21 bits per heavy atom. The molecule has 1 rings (SSSR count). The van der Waals surface area contributed by atoms with Gasteiger partial charge in [-0.25, -0.2) is 0 Å². The summed E-state index contributed by atoms with van der Waals surface area (Å²) in [5.41, 5.74) is 2.12. The highest BCUT2D eigenvalue weighted by Gasteiger charge is 2.09. The van der Waals surface area contributed by atoms with Gasteiger partial charge in [-0.3, -0.25) is 4.79 Å². The van der Waals surface area contributed by atoms with Crippen LogP contribution in [0.15, 0.2) is 24.3 Å². The van der Waals surface area contributed by atoms with Gasteiger partial charge in [0.25, 0.3) is 0 Å². The molecule has 0 fully saturated rings. The topological polar surface area (TPSA) is 41.1 Å². The smallest absolute Gasteiger partial charge is 0.225 e. The van der Waals surface area contributed by atoms with E-state index in [-0.39, 0.29) is 5.91 Å². The maximum absolute atomic E-state index is 11.9. The lowest BCUT2D eigenvalue weighted by Gasteiger charge is -2.14. The molecule has 3 nitrogen and oxygen atoms in total. The Kier molecular flexibility index (Phi) is 6.57. The fourth-order valence-electron chi connectivity index (χ4n) is 1.90. The van der Waals surface area contributed by atoms with Crippen LogP contribution in [0.25, 0.3) is 0 Å². The van der Waals surface area contributed by atoms with Crippen LogP contribution in [-0.4, -0.2) is 18.5 Å². The van der Waals surface area contributed by atoms with Crippen molar-refractivity contribution in [3.63, 3.8) is 0 Å². The summed E-state index contributed by atoms with van der Waals surface area (Å²) < 4.78 is 0. The van der Waals surface area contributed by atoms with Gasteiger partial charge in [-0.05, 0) is 30.9 Å². The Balaban J connectivity index is 2.48. The third-order valence-corrected chi connectivity index (χ3v) is 3.31. The molecule has 1 amide bonds. The minimum absolute atomic E-state index is 0.0731. The second kappa shape index (κ2) is 7.95. The van der Waals surface area contributed by atoms with Gasteiger partial charge in [0.2, 0.25) is 5.91 Å². The molecule has 3 heteroatoms. The van der Waals surface area contributed by atoms with Crippen LogP contribution in [0.4, 0.5) is 5.69 Å². The molecule has 19 heavy (non-hydrogen) atoms. The molecule has 0 radical (unpaired) electrons. The van der Waals surface area contributed by atoms with Gasteiger partial charge in [-0.1, -0.05) is 39.0 Å². The zero-order valence-electron chi connectivity index (χ0n) is 12.5. The number of hydrogen-bond donors (Lipinski definition) is 2. The van der Waals surface area contributed by atoms with Crippen LogP contribution in [-0.2, 0) is 4.79 Å². The second-order valence-electron chi connectivity index (χ2n) is 5.30. The van der Waals surface area contributed by atoms with Crippen molar-refractivity contribution in [1.29, 1.82) is 0 Å². The molecule has 106 valence electrons. The number of carbonyl (C=O) groups excluding carboxylic acids is 1.